The average Bonchev–Trinajstić information content (AvgIpc) is 3.46. The van der Waals surface area contributed by atoms with E-state index in [1.807, 2.05) is 30.5 Å². The Bertz CT molecular complexity index is 1050. The maximum Gasteiger partial charge on any atom is 0.220 e. The number of methoxy groups -OCH3 is 1. The van der Waals surface area contributed by atoms with Crippen LogP contribution in [0.2, 0.25) is 0 Å². The molecule has 8 nitrogen and oxygen atoms in total. The molecule has 3 aliphatic heterocycles. The normalized spacial score (nSPS) is 23.0. The first-order chi connectivity index (χ1) is 16.1. The van der Waals surface area contributed by atoms with Crippen LogP contribution in [0.15, 0.2) is 66.0 Å². The molecule has 2 aromatic rings. The van der Waals surface area contributed by atoms with Crippen molar-refractivity contribution < 1.29 is 9.53 Å². The Morgan fingerprint density at radius 2 is 1.94 bits per heavy atom. The van der Waals surface area contributed by atoms with E-state index in [1.165, 1.54) is 11.1 Å². The molecule has 0 aliphatic carbocycles. The third-order valence-electron chi connectivity index (χ3n) is 6.52. The molecule has 5 rings (SSSR count). The van der Waals surface area contributed by atoms with Crippen LogP contribution in [0.5, 0.6) is 5.75 Å². The van der Waals surface area contributed by atoms with Gasteiger partial charge in [-0.05, 0) is 36.6 Å². The van der Waals surface area contributed by atoms with Crippen LogP contribution in [0, 0.1) is 6.92 Å². The number of ether oxygens (including phenoxy) is 1. The molecule has 3 unspecified atom stereocenters. The van der Waals surface area contributed by atoms with Gasteiger partial charge in [-0.1, -0.05) is 42.0 Å². The minimum absolute atomic E-state index is 0.0153. The summed E-state index contributed by atoms with van der Waals surface area (Å²) in [5.41, 5.74) is 10.5. The quantitative estimate of drug-likeness (QED) is 0.607. The van der Waals surface area contributed by atoms with E-state index in [2.05, 4.69) is 68.6 Å². The van der Waals surface area contributed by atoms with Gasteiger partial charge >= 0.3 is 0 Å². The number of hydrogen-bond donors (Lipinski definition) is 3. The third-order valence-corrected chi connectivity index (χ3v) is 6.52. The van der Waals surface area contributed by atoms with Crippen molar-refractivity contribution in [3.8, 4) is 5.75 Å². The zero-order chi connectivity index (χ0) is 22.8. The number of benzene rings is 2. The van der Waals surface area contributed by atoms with E-state index in [4.69, 9.17) is 4.74 Å². The maximum absolute atomic E-state index is 12.4. The lowest BCUT2D eigenvalue weighted by atomic mass is 9.99. The number of hydrogen-bond acceptors (Lipinski definition) is 7. The Hall–Kier alpha value is -3.52. The van der Waals surface area contributed by atoms with Crippen LogP contribution >= 0.6 is 0 Å². The van der Waals surface area contributed by atoms with Crippen molar-refractivity contribution in [2.75, 3.05) is 7.11 Å². The molecule has 0 radical (unpaired) electrons. The molecule has 0 spiro atoms. The van der Waals surface area contributed by atoms with Gasteiger partial charge in [0.05, 0.1) is 19.2 Å². The molecule has 2 aromatic carbocycles. The van der Waals surface area contributed by atoms with Crippen molar-refractivity contribution in [2.24, 2.45) is 5.10 Å². The molecular formula is C25H30N6O2. The topological polar surface area (TPSA) is 81.2 Å². The van der Waals surface area contributed by atoms with Crippen molar-refractivity contribution >= 4 is 11.7 Å². The highest BCUT2D eigenvalue weighted by Gasteiger charge is 2.44. The van der Waals surface area contributed by atoms with Crippen LogP contribution in [0.25, 0.3) is 0 Å². The Morgan fingerprint density at radius 1 is 1.15 bits per heavy atom. The van der Waals surface area contributed by atoms with Crippen molar-refractivity contribution in [3.63, 3.8) is 0 Å². The highest BCUT2D eigenvalue weighted by molar-refractivity contribution is 5.89. The van der Waals surface area contributed by atoms with Crippen LogP contribution < -0.4 is 20.9 Å². The molecule has 3 heterocycles. The number of nitrogens with one attached hydrogen (secondary N) is 3. The van der Waals surface area contributed by atoms with E-state index < -0.39 is 0 Å². The van der Waals surface area contributed by atoms with Crippen LogP contribution in [0.1, 0.15) is 42.0 Å². The van der Waals surface area contributed by atoms with E-state index >= 15 is 0 Å². The number of nitrogens with zero attached hydrogens (tertiary/aromatic N) is 3. The van der Waals surface area contributed by atoms with Crippen LogP contribution in [-0.4, -0.2) is 41.0 Å². The monoisotopic (exact) mass is 446 g/mol. The summed E-state index contributed by atoms with van der Waals surface area (Å²) in [7, 11) is 1.64. The summed E-state index contributed by atoms with van der Waals surface area (Å²) in [6.07, 6.45) is 6.14. The molecular weight excluding hydrogens is 416 g/mol. The van der Waals surface area contributed by atoms with Gasteiger partial charge in [0, 0.05) is 31.8 Å². The summed E-state index contributed by atoms with van der Waals surface area (Å²) < 4.78 is 5.17. The Balaban J connectivity index is 1.12. The lowest BCUT2D eigenvalue weighted by Gasteiger charge is -2.37. The predicted octanol–water partition coefficient (Wildman–Crippen LogP) is 2.75. The smallest absolute Gasteiger partial charge is 0.220 e. The molecule has 8 heteroatoms. The van der Waals surface area contributed by atoms with Gasteiger partial charge in [-0.25, -0.2) is 5.43 Å². The molecule has 0 bridgehead atoms. The van der Waals surface area contributed by atoms with E-state index in [0.29, 0.717) is 19.4 Å². The highest BCUT2D eigenvalue weighted by Crippen LogP contribution is 2.34. The van der Waals surface area contributed by atoms with E-state index in [9.17, 15) is 4.79 Å². The van der Waals surface area contributed by atoms with Crippen molar-refractivity contribution in [1.82, 2.24) is 26.1 Å². The Kier molecular flexibility index (Phi) is 5.92. The first-order valence-corrected chi connectivity index (χ1v) is 11.4. The summed E-state index contributed by atoms with van der Waals surface area (Å²) in [6.45, 7) is 2.61. The molecule has 1 fully saturated rings. The molecule has 0 aromatic heterocycles. The number of amides is 1. The van der Waals surface area contributed by atoms with Gasteiger partial charge in [0.1, 0.15) is 17.8 Å². The summed E-state index contributed by atoms with van der Waals surface area (Å²) in [5, 5.41) is 9.72. The highest BCUT2D eigenvalue weighted by atomic mass is 16.5. The fourth-order valence-electron chi connectivity index (χ4n) is 4.59. The van der Waals surface area contributed by atoms with E-state index in [0.717, 1.165) is 23.6 Å². The largest absolute Gasteiger partial charge is 0.497 e. The van der Waals surface area contributed by atoms with Crippen LogP contribution in [0.3, 0.4) is 0 Å². The number of aryl methyl sites for hydroxylation is 1. The minimum atomic E-state index is 0.0153. The van der Waals surface area contributed by atoms with Gasteiger partial charge in [0.25, 0.3) is 0 Å². The van der Waals surface area contributed by atoms with E-state index in [1.54, 1.807) is 7.11 Å². The third kappa shape index (κ3) is 4.52. The SMILES string of the molecule is COc1ccc(CNC(=O)CCC2=NNC3C4CC(c5ccc(C)cc5)NN4C=CN23)cc1. The van der Waals surface area contributed by atoms with Gasteiger partial charge < -0.3 is 20.0 Å². The van der Waals surface area contributed by atoms with Gasteiger partial charge in [0.15, 0.2) is 0 Å². The van der Waals surface area contributed by atoms with Gasteiger partial charge in [-0.3, -0.25) is 10.2 Å². The van der Waals surface area contributed by atoms with Crippen LogP contribution in [0.4, 0.5) is 0 Å². The number of rotatable bonds is 7. The fraction of sp³-hybridized carbons (Fsp3) is 0.360. The van der Waals surface area contributed by atoms with Crippen molar-refractivity contribution in [2.45, 2.75) is 51.0 Å². The van der Waals surface area contributed by atoms with Crippen LogP contribution in [-0.2, 0) is 11.3 Å². The minimum Gasteiger partial charge on any atom is -0.497 e. The number of hydrazone groups is 1. The summed E-state index contributed by atoms with van der Waals surface area (Å²) in [4.78, 5) is 14.6. The molecule has 3 N–H and O–H groups in total. The molecule has 1 amide bonds. The lowest BCUT2D eigenvalue weighted by Crippen LogP contribution is -2.54. The number of amidine groups is 1. The average molecular weight is 447 g/mol. The Labute approximate surface area is 194 Å². The van der Waals surface area contributed by atoms with Gasteiger partial charge in [-0.15, -0.1) is 0 Å². The summed E-state index contributed by atoms with van der Waals surface area (Å²) >= 11 is 0. The first-order valence-electron chi connectivity index (χ1n) is 11.4. The first kappa shape index (κ1) is 21.3. The second-order valence-corrected chi connectivity index (χ2v) is 8.73. The summed E-state index contributed by atoms with van der Waals surface area (Å²) in [5.74, 6) is 1.72. The number of carbonyl (C=O) groups is 1. The van der Waals surface area contributed by atoms with Crippen molar-refractivity contribution in [1.29, 1.82) is 0 Å². The fourth-order valence-corrected chi connectivity index (χ4v) is 4.59. The molecule has 3 aliphatic rings. The maximum atomic E-state index is 12.4. The standard InChI is InChI=1S/C25H30N6O2/c1-17-3-7-19(8-4-17)21-15-22-25-28-27-23(30(25)13-14-31(22)29-21)11-12-24(32)26-16-18-5-9-20(33-2)10-6-18/h3-10,13-14,21-22,25,28-29H,11-12,15-16H2,1-2H3,(H,26,32). The molecule has 1 saturated heterocycles. The van der Waals surface area contributed by atoms with Gasteiger partial charge in [-0.2, -0.15) is 5.10 Å². The Morgan fingerprint density at radius 3 is 2.70 bits per heavy atom. The number of hydrazine groups is 1. The zero-order valence-corrected chi connectivity index (χ0v) is 19.0. The number of carbonyl (C=O) groups excluding carboxylic acids is 1. The van der Waals surface area contributed by atoms with E-state index in [-0.39, 0.29) is 24.2 Å². The molecule has 172 valence electrons. The molecule has 3 atom stereocenters. The molecule has 33 heavy (non-hydrogen) atoms. The molecule has 0 saturated carbocycles. The zero-order valence-electron chi connectivity index (χ0n) is 19.0. The summed E-state index contributed by atoms with van der Waals surface area (Å²) in [6, 6.07) is 16.9. The second-order valence-electron chi connectivity index (χ2n) is 8.73. The van der Waals surface area contributed by atoms with Crippen molar-refractivity contribution in [3.05, 3.63) is 77.6 Å². The second kappa shape index (κ2) is 9.15. The predicted molar refractivity (Wildman–Crippen MR) is 127 cm³/mol. The number of fused-ring (bicyclic) bond motifs is 3. The lowest BCUT2D eigenvalue weighted by molar-refractivity contribution is -0.121. The van der Waals surface area contributed by atoms with Gasteiger partial charge in [0.2, 0.25) is 5.91 Å².